The number of nitrogens with two attached hydrogens (primary N) is 2. The molecular weight excluding hydrogens is 176 g/mol. The van der Waals surface area contributed by atoms with E-state index >= 15 is 0 Å². The van der Waals surface area contributed by atoms with Crippen LogP contribution in [0.1, 0.15) is 25.7 Å². The molecule has 0 unspecified atom stereocenters. The van der Waals surface area contributed by atoms with Gasteiger partial charge in [-0.3, -0.25) is 0 Å². The van der Waals surface area contributed by atoms with Crippen LogP contribution in [-0.4, -0.2) is 50.5 Å². The fraction of sp³-hybridized carbons (Fsp3) is 1.00. The molecule has 86 valence electrons. The highest BCUT2D eigenvalue weighted by Crippen LogP contribution is 2.03. The van der Waals surface area contributed by atoms with Gasteiger partial charge >= 0.3 is 0 Å². The monoisotopic (exact) mass is 204 g/mol. The minimum absolute atomic E-state index is 0.106. The summed E-state index contributed by atoms with van der Waals surface area (Å²) in [6, 6.07) is 0. The molecule has 0 saturated heterocycles. The second-order valence-electron chi connectivity index (χ2n) is 5.50. The van der Waals surface area contributed by atoms with Crippen molar-refractivity contribution in [2.45, 2.75) is 25.7 Å². The molecule has 0 amide bonds. The summed E-state index contributed by atoms with van der Waals surface area (Å²) in [5, 5.41) is 0. The highest BCUT2D eigenvalue weighted by atomic mass is 15.7. The highest BCUT2D eigenvalue weighted by molar-refractivity contribution is 4.41. The first kappa shape index (κ1) is 13.8. The van der Waals surface area contributed by atoms with Crippen molar-refractivity contribution in [2.75, 3.05) is 41.3 Å². The van der Waals surface area contributed by atoms with Crippen LogP contribution in [-0.2, 0) is 0 Å². The van der Waals surface area contributed by atoms with Crippen molar-refractivity contribution in [3.05, 3.63) is 0 Å². The van der Waals surface area contributed by atoms with Gasteiger partial charge in [0.2, 0.25) is 0 Å². The van der Waals surface area contributed by atoms with E-state index in [9.17, 15) is 0 Å². The zero-order valence-corrected chi connectivity index (χ0v) is 10.3. The zero-order chi connectivity index (χ0) is 11.2. The number of quaternary nitrogens is 2. The second kappa shape index (κ2) is 5.66. The van der Waals surface area contributed by atoms with Crippen molar-refractivity contribution < 1.29 is 9.18 Å². The van der Waals surface area contributed by atoms with Gasteiger partial charge in [0.1, 0.15) is 13.6 Å². The third kappa shape index (κ3) is 11.8. The molecule has 0 aliphatic rings. The molecule has 0 radical (unpaired) electrons. The molecular formula is C10H28N4+2. The van der Waals surface area contributed by atoms with Crippen molar-refractivity contribution >= 4 is 0 Å². The Balaban J connectivity index is 3.23. The molecule has 0 aromatic carbocycles. The van der Waals surface area contributed by atoms with E-state index in [1.807, 2.05) is 7.05 Å². The van der Waals surface area contributed by atoms with E-state index < -0.39 is 0 Å². The summed E-state index contributed by atoms with van der Waals surface area (Å²) < 4.78 is 1.16. The van der Waals surface area contributed by atoms with E-state index in [0.29, 0.717) is 0 Å². The van der Waals surface area contributed by atoms with Crippen molar-refractivity contribution in [3.8, 4) is 0 Å². The number of unbranched alkanes of at least 4 members (excludes halogenated alkanes) is 3. The lowest BCUT2D eigenvalue weighted by Crippen LogP contribution is -2.57. The molecule has 0 fully saturated rings. The van der Waals surface area contributed by atoms with Crippen LogP contribution in [0.15, 0.2) is 0 Å². The van der Waals surface area contributed by atoms with Crippen molar-refractivity contribution in [1.29, 1.82) is 0 Å². The number of nitrogens with zero attached hydrogens (tertiary/aromatic N) is 2. The van der Waals surface area contributed by atoms with E-state index in [-0.39, 0.29) is 4.70 Å². The molecule has 4 heteroatoms. The Kier molecular flexibility index (Phi) is 5.59. The normalized spacial score (nSPS) is 13.3. The lowest BCUT2D eigenvalue weighted by molar-refractivity contribution is -0.933. The lowest BCUT2D eigenvalue weighted by atomic mass is 10.2. The molecule has 0 rings (SSSR count). The van der Waals surface area contributed by atoms with Crippen LogP contribution >= 0.6 is 0 Å². The largest absolute Gasteiger partial charge is 0.331 e. The Hall–Kier alpha value is -0.160. The van der Waals surface area contributed by atoms with Crippen LogP contribution < -0.4 is 11.7 Å². The van der Waals surface area contributed by atoms with Crippen molar-refractivity contribution in [2.24, 2.45) is 11.7 Å². The first-order valence-electron chi connectivity index (χ1n) is 5.44. The molecule has 0 aliphatic heterocycles. The SMILES string of the molecule is C[N+](C)(C)CCCCCC[N+](C)(N)N. The first-order chi connectivity index (χ1) is 6.21. The summed E-state index contributed by atoms with van der Waals surface area (Å²) in [7, 11) is 8.52. The van der Waals surface area contributed by atoms with Crippen LogP contribution in [0.5, 0.6) is 0 Å². The molecule has 0 aromatic heterocycles. The highest BCUT2D eigenvalue weighted by Gasteiger charge is 2.09. The van der Waals surface area contributed by atoms with Crippen LogP contribution in [0.2, 0.25) is 0 Å². The Bertz CT molecular complexity index is 125. The Morgan fingerprint density at radius 3 is 1.50 bits per heavy atom. The maximum Gasteiger partial charge on any atom is 0.114 e. The molecule has 0 saturated carbocycles. The van der Waals surface area contributed by atoms with Gasteiger partial charge in [0.15, 0.2) is 0 Å². The smallest absolute Gasteiger partial charge is 0.114 e. The van der Waals surface area contributed by atoms with Gasteiger partial charge in [0.05, 0.1) is 27.7 Å². The fourth-order valence-electron chi connectivity index (χ4n) is 1.39. The molecule has 4 N–H and O–H groups in total. The van der Waals surface area contributed by atoms with Gasteiger partial charge < -0.3 is 4.48 Å². The summed E-state index contributed by atoms with van der Waals surface area (Å²) in [5.74, 6) is 11.3. The average molecular weight is 204 g/mol. The predicted octanol–water partition coefficient (Wildman–Crippen LogP) is 0.447. The van der Waals surface area contributed by atoms with Gasteiger partial charge in [-0.1, -0.05) is 0 Å². The molecule has 0 atom stereocenters. The minimum Gasteiger partial charge on any atom is -0.331 e. The molecule has 4 nitrogen and oxygen atoms in total. The fourth-order valence-corrected chi connectivity index (χ4v) is 1.39. The lowest BCUT2D eigenvalue weighted by Gasteiger charge is -2.24. The molecule has 0 bridgehead atoms. The third-order valence-corrected chi connectivity index (χ3v) is 2.22. The van der Waals surface area contributed by atoms with Crippen molar-refractivity contribution in [3.63, 3.8) is 0 Å². The summed E-state index contributed by atoms with van der Waals surface area (Å²) >= 11 is 0. The van der Waals surface area contributed by atoms with Crippen LogP contribution in [0, 0.1) is 0 Å². The third-order valence-electron chi connectivity index (χ3n) is 2.22. The van der Waals surface area contributed by atoms with Gasteiger partial charge in [0.25, 0.3) is 0 Å². The second-order valence-corrected chi connectivity index (χ2v) is 5.50. The van der Waals surface area contributed by atoms with E-state index in [1.54, 1.807) is 0 Å². The predicted molar refractivity (Wildman–Crippen MR) is 60.8 cm³/mol. The van der Waals surface area contributed by atoms with Crippen molar-refractivity contribution in [1.82, 2.24) is 0 Å². The van der Waals surface area contributed by atoms with Crippen LogP contribution in [0.25, 0.3) is 0 Å². The minimum atomic E-state index is 0.106. The topological polar surface area (TPSA) is 52.0 Å². The molecule has 14 heavy (non-hydrogen) atoms. The maximum atomic E-state index is 5.63. The summed E-state index contributed by atoms with van der Waals surface area (Å²) in [5.41, 5.74) is 0. The summed E-state index contributed by atoms with van der Waals surface area (Å²) in [4.78, 5) is 0. The van der Waals surface area contributed by atoms with Crippen LogP contribution in [0.4, 0.5) is 0 Å². The van der Waals surface area contributed by atoms with E-state index in [0.717, 1.165) is 17.4 Å². The van der Waals surface area contributed by atoms with E-state index in [4.69, 9.17) is 11.7 Å². The maximum absolute atomic E-state index is 5.63. The zero-order valence-electron chi connectivity index (χ0n) is 10.3. The van der Waals surface area contributed by atoms with E-state index in [2.05, 4.69) is 21.1 Å². The average Bonchev–Trinajstić information content (AvgIpc) is 1.92. The number of hydrogen-bond acceptors (Lipinski definition) is 2. The van der Waals surface area contributed by atoms with Gasteiger partial charge in [-0.15, -0.1) is 0 Å². The number of hydrogen-bond donors (Lipinski definition) is 2. The molecule has 0 aliphatic carbocycles. The van der Waals surface area contributed by atoms with Crippen LogP contribution in [0.3, 0.4) is 0 Å². The first-order valence-corrected chi connectivity index (χ1v) is 5.44. The Labute approximate surface area is 88.6 Å². The number of rotatable bonds is 7. The summed E-state index contributed by atoms with van der Waals surface area (Å²) in [6.07, 6.45) is 4.95. The molecule has 0 aromatic rings. The molecule has 0 spiro atoms. The summed E-state index contributed by atoms with van der Waals surface area (Å²) in [6.45, 7) is 2.11. The van der Waals surface area contributed by atoms with Gasteiger partial charge in [-0.2, -0.15) is 16.4 Å². The van der Waals surface area contributed by atoms with Gasteiger partial charge in [0, 0.05) is 6.42 Å². The van der Waals surface area contributed by atoms with Gasteiger partial charge in [-0.25, -0.2) is 0 Å². The Morgan fingerprint density at radius 2 is 1.14 bits per heavy atom. The Morgan fingerprint density at radius 1 is 0.714 bits per heavy atom. The molecule has 0 heterocycles. The standard InChI is InChI=1S/C10H28N4/c1-13(2,3)9-7-5-6-8-10-14(4,11)12/h5-12H2,1-4H3/q+2. The quantitative estimate of drug-likeness (QED) is 0.274. The van der Waals surface area contributed by atoms with E-state index in [1.165, 1.54) is 25.8 Å². The van der Waals surface area contributed by atoms with Gasteiger partial charge in [-0.05, 0) is 19.3 Å².